The van der Waals surface area contributed by atoms with Gasteiger partial charge in [0.25, 0.3) is 0 Å². The lowest BCUT2D eigenvalue weighted by atomic mass is 9.76. The number of oxime groups is 1. The van der Waals surface area contributed by atoms with Crippen molar-refractivity contribution >= 4 is 5.71 Å². The molecule has 0 aromatic rings. The van der Waals surface area contributed by atoms with Crippen LogP contribution in [-0.4, -0.2) is 10.9 Å². The average molecular weight is 225 g/mol. The van der Waals surface area contributed by atoms with Gasteiger partial charge in [-0.3, -0.25) is 0 Å². The fraction of sp³-hybridized carbons (Fsp3) is 0.929. The van der Waals surface area contributed by atoms with Gasteiger partial charge in [-0.1, -0.05) is 63.4 Å². The summed E-state index contributed by atoms with van der Waals surface area (Å²) in [5, 5.41) is 12.4. The van der Waals surface area contributed by atoms with E-state index < -0.39 is 0 Å². The van der Waals surface area contributed by atoms with E-state index in [0.29, 0.717) is 0 Å². The number of hydrogen-bond acceptors (Lipinski definition) is 2. The minimum absolute atomic E-state index is 0.138. The van der Waals surface area contributed by atoms with Crippen molar-refractivity contribution in [3.8, 4) is 0 Å². The maximum absolute atomic E-state index is 8.98. The summed E-state index contributed by atoms with van der Waals surface area (Å²) in [6.07, 6.45) is 13.2. The zero-order chi connectivity index (χ0) is 11.9. The molecule has 0 atom stereocenters. The van der Waals surface area contributed by atoms with Crippen LogP contribution < -0.4 is 0 Å². The second kappa shape index (κ2) is 6.93. The van der Waals surface area contributed by atoms with Crippen LogP contribution in [0.5, 0.6) is 0 Å². The molecule has 0 aliphatic heterocycles. The third kappa shape index (κ3) is 4.15. The van der Waals surface area contributed by atoms with Crippen LogP contribution in [0.3, 0.4) is 0 Å². The molecule has 1 rings (SSSR count). The lowest BCUT2D eigenvalue weighted by Crippen LogP contribution is -2.25. The largest absolute Gasteiger partial charge is 0.411 e. The normalized spacial score (nSPS) is 24.8. The Labute approximate surface area is 100 Å². The Balaban J connectivity index is 2.57. The van der Waals surface area contributed by atoms with Gasteiger partial charge in [-0.2, -0.15) is 0 Å². The molecule has 16 heavy (non-hydrogen) atoms. The quantitative estimate of drug-likeness (QED) is 0.389. The van der Waals surface area contributed by atoms with Crippen molar-refractivity contribution in [2.24, 2.45) is 10.6 Å². The first-order valence-corrected chi connectivity index (χ1v) is 6.88. The topological polar surface area (TPSA) is 32.6 Å². The van der Waals surface area contributed by atoms with Gasteiger partial charge in [0.2, 0.25) is 0 Å². The number of hydrogen-bond donors (Lipinski definition) is 1. The zero-order valence-corrected chi connectivity index (χ0v) is 11.0. The third-order valence-electron chi connectivity index (χ3n) is 4.23. The Morgan fingerprint density at radius 3 is 1.62 bits per heavy atom. The van der Waals surface area contributed by atoms with Gasteiger partial charge in [0.1, 0.15) is 0 Å². The van der Waals surface area contributed by atoms with Crippen LogP contribution in [-0.2, 0) is 0 Å². The molecule has 2 heteroatoms. The monoisotopic (exact) mass is 225 g/mol. The van der Waals surface area contributed by atoms with Crippen molar-refractivity contribution in [2.45, 2.75) is 78.1 Å². The highest BCUT2D eigenvalue weighted by Crippen LogP contribution is 2.33. The molecule has 1 fully saturated rings. The Kier molecular flexibility index (Phi) is 5.86. The molecular formula is C14H27NO. The summed E-state index contributed by atoms with van der Waals surface area (Å²) in [6.45, 7) is 4.24. The van der Waals surface area contributed by atoms with Gasteiger partial charge in [-0.05, 0) is 19.8 Å². The molecule has 0 bridgehead atoms. The predicted octanol–water partition coefficient (Wildman–Crippen LogP) is 4.76. The molecule has 94 valence electrons. The molecule has 0 amide bonds. The van der Waals surface area contributed by atoms with Crippen LogP contribution >= 0.6 is 0 Å². The van der Waals surface area contributed by atoms with Crippen molar-refractivity contribution in [1.29, 1.82) is 0 Å². The van der Waals surface area contributed by atoms with E-state index in [2.05, 4.69) is 12.1 Å². The summed E-state index contributed by atoms with van der Waals surface area (Å²) in [7, 11) is 0. The molecule has 1 aliphatic rings. The van der Waals surface area contributed by atoms with Gasteiger partial charge < -0.3 is 5.21 Å². The summed E-state index contributed by atoms with van der Waals surface area (Å²) >= 11 is 0. The number of rotatable bonds is 1. The van der Waals surface area contributed by atoms with Crippen molar-refractivity contribution in [1.82, 2.24) is 0 Å². The van der Waals surface area contributed by atoms with E-state index in [4.69, 9.17) is 5.21 Å². The van der Waals surface area contributed by atoms with Crippen molar-refractivity contribution in [3.63, 3.8) is 0 Å². The van der Waals surface area contributed by atoms with Crippen LogP contribution in [0.4, 0.5) is 0 Å². The van der Waals surface area contributed by atoms with Gasteiger partial charge in [0.05, 0.1) is 5.71 Å². The van der Waals surface area contributed by atoms with E-state index in [9.17, 15) is 0 Å². The Morgan fingerprint density at radius 1 is 0.875 bits per heavy atom. The lowest BCUT2D eigenvalue weighted by Gasteiger charge is -2.28. The molecule has 0 spiro atoms. The molecule has 1 N–H and O–H groups in total. The van der Waals surface area contributed by atoms with E-state index >= 15 is 0 Å². The smallest absolute Gasteiger partial charge is 0.0598 e. The van der Waals surface area contributed by atoms with Crippen molar-refractivity contribution < 1.29 is 5.21 Å². The molecule has 0 aromatic carbocycles. The first-order valence-electron chi connectivity index (χ1n) is 6.88. The van der Waals surface area contributed by atoms with Gasteiger partial charge in [-0.15, -0.1) is 0 Å². The highest BCUT2D eigenvalue weighted by molar-refractivity contribution is 5.87. The maximum Gasteiger partial charge on any atom is 0.0598 e. The Hall–Kier alpha value is -0.530. The fourth-order valence-corrected chi connectivity index (χ4v) is 2.70. The van der Waals surface area contributed by atoms with Crippen LogP contribution in [0.2, 0.25) is 0 Å². The van der Waals surface area contributed by atoms with Crippen LogP contribution in [0, 0.1) is 5.41 Å². The van der Waals surface area contributed by atoms with Gasteiger partial charge in [-0.25, -0.2) is 0 Å². The van der Waals surface area contributed by atoms with E-state index in [-0.39, 0.29) is 5.41 Å². The van der Waals surface area contributed by atoms with Gasteiger partial charge in [0.15, 0.2) is 0 Å². The molecule has 0 unspecified atom stereocenters. The van der Waals surface area contributed by atoms with E-state index in [1.54, 1.807) is 0 Å². The predicted molar refractivity (Wildman–Crippen MR) is 69.2 cm³/mol. The first kappa shape index (κ1) is 13.5. The molecule has 2 nitrogen and oxygen atoms in total. The molecule has 0 heterocycles. The second-order valence-corrected chi connectivity index (χ2v) is 5.57. The van der Waals surface area contributed by atoms with Crippen LogP contribution in [0.25, 0.3) is 0 Å². The lowest BCUT2D eigenvalue weighted by molar-refractivity contribution is 0.293. The molecule has 0 radical (unpaired) electrons. The summed E-state index contributed by atoms with van der Waals surface area (Å²) in [6, 6.07) is 0. The van der Waals surface area contributed by atoms with Crippen LogP contribution in [0.1, 0.15) is 78.1 Å². The third-order valence-corrected chi connectivity index (χ3v) is 4.23. The molecule has 1 saturated carbocycles. The first-order chi connectivity index (χ1) is 7.69. The molecule has 1 aliphatic carbocycles. The highest BCUT2D eigenvalue weighted by Gasteiger charge is 2.27. The SMILES string of the molecule is C/C(=N\O)C1(C)CCCCCCCCCC1. The number of nitrogens with zero attached hydrogens (tertiary/aromatic N) is 1. The van der Waals surface area contributed by atoms with Crippen molar-refractivity contribution in [2.75, 3.05) is 0 Å². The molecular weight excluding hydrogens is 198 g/mol. The summed E-state index contributed by atoms with van der Waals surface area (Å²) in [5.74, 6) is 0. The van der Waals surface area contributed by atoms with Crippen LogP contribution in [0.15, 0.2) is 5.16 Å². The summed E-state index contributed by atoms with van der Waals surface area (Å²) in [5.41, 5.74) is 1.06. The minimum Gasteiger partial charge on any atom is -0.411 e. The van der Waals surface area contributed by atoms with E-state index in [0.717, 1.165) is 5.71 Å². The zero-order valence-electron chi connectivity index (χ0n) is 11.0. The fourth-order valence-electron chi connectivity index (χ4n) is 2.70. The Bertz CT molecular complexity index is 211. The standard InChI is InChI=1S/C14H27NO/c1-13(15-16)14(2)11-9-7-5-3-4-6-8-10-12-14/h16H,3-12H2,1-2H3/b15-13+. The highest BCUT2D eigenvalue weighted by atomic mass is 16.4. The van der Waals surface area contributed by atoms with Crippen molar-refractivity contribution in [3.05, 3.63) is 0 Å². The summed E-state index contributed by atoms with van der Waals surface area (Å²) < 4.78 is 0. The Morgan fingerprint density at radius 2 is 1.25 bits per heavy atom. The van der Waals surface area contributed by atoms with E-state index in [1.807, 2.05) is 6.92 Å². The average Bonchev–Trinajstić information content (AvgIpc) is 2.34. The van der Waals surface area contributed by atoms with E-state index in [1.165, 1.54) is 64.2 Å². The summed E-state index contributed by atoms with van der Waals surface area (Å²) in [4.78, 5) is 0. The maximum atomic E-state index is 8.98. The van der Waals surface area contributed by atoms with Gasteiger partial charge >= 0.3 is 0 Å². The molecule has 0 saturated heterocycles. The molecule has 0 aromatic heterocycles. The van der Waals surface area contributed by atoms with Gasteiger partial charge in [0, 0.05) is 5.41 Å². The second-order valence-electron chi connectivity index (χ2n) is 5.57. The minimum atomic E-state index is 0.138.